The van der Waals surface area contributed by atoms with Gasteiger partial charge >= 0.3 is 0 Å². The molecule has 1 aromatic carbocycles. The highest BCUT2D eigenvalue weighted by atomic mass is 35.5. The van der Waals surface area contributed by atoms with Gasteiger partial charge in [0.25, 0.3) is 0 Å². The van der Waals surface area contributed by atoms with Gasteiger partial charge in [-0.1, -0.05) is 40.9 Å². The van der Waals surface area contributed by atoms with E-state index < -0.39 is 6.04 Å². The number of carbonyl (C=O) groups excluding carboxylic acids is 1. The van der Waals surface area contributed by atoms with Crippen LogP contribution in [0.1, 0.15) is 35.6 Å². The molecule has 1 N–H and O–H groups in total. The summed E-state index contributed by atoms with van der Waals surface area (Å²) >= 11 is 18.1. The van der Waals surface area contributed by atoms with Crippen LogP contribution in [0.15, 0.2) is 24.4 Å². The molecular formula is C19H20Cl3N5O. The highest BCUT2D eigenvalue weighted by molar-refractivity contribution is 6.42. The third-order valence-electron chi connectivity index (χ3n) is 4.58. The molecular weight excluding hydrogens is 421 g/mol. The van der Waals surface area contributed by atoms with Gasteiger partial charge < -0.3 is 5.32 Å². The Morgan fingerprint density at radius 2 is 1.79 bits per heavy atom. The Labute approximate surface area is 178 Å². The number of halogens is 3. The fourth-order valence-corrected chi connectivity index (χ4v) is 3.31. The summed E-state index contributed by atoms with van der Waals surface area (Å²) in [7, 11) is 0. The Balaban J connectivity index is 1.79. The molecule has 0 radical (unpaired) electrons. The Kier molecular flexibility index (Phi) is 6.03. The van der Waals surface area contributed by atoms with Gasteiger partial charge in [-0.2, -0.15) is 10.2 Å². The molecule has 0 aliphatic carbocycles. The van der Waals surface area contributed by atoms with Crippen LogP contribution in [0.2, 0.25) is 15.1 Å². The van der Waals surface area contributed by atoms with Crippen LogP contribution in [0, 0.1) is 20.8 Å². The number of hydrogen-bond acceptors (Lipinski definition) is 3. The number of anilines is 1. The van der Waals surface area contributed by atoms with E-state index in [0.717, 1.165) is 17.0 Å². The lowest BCUT2D eigenvalue weighted by atomic mass is 10.2. The second kappa shape index (κ2) is 8.15. The van der Waals surface area contributed by atoms with E-state index >= 15 is 0 Å². The van der Waals surface area contributed by atoms with Crippen molar-refractivity contribution in [1.29, 1.82) is 0 Å². The van der Waals surface area contributed by atoms with Crippen LogP contribution >= 0.6 is 34.8 Å². The summed E-state index contributed by atoms with van der Waals surface area (Å²) in [5.41, 5.74) is 3.91. The molecule has 0 saturated heterocycles. The molecule has 1 atom stereocenters. The maximum absolute atomic E-state index is 12.7. The first kappa shape index (κ1) is 20.7. The van der Waals surface area contributed by atoms with Crippen molar-refractivity contribution in [3.05, 3.63) is 62.1 Å². The second-order valence-corrected chi connectivity index (χ2v) is 7.88. The van der Waals surface area contributed by atoms with Crippen LogP contribution in [0.25, 0.3) is 0 Å². The average molecular weight is 441 g/mol. The Morgan fingerprint density at radius 1 is 1.07 bits per heavy atom. The number of nitrogens with zero attached hydrogens (tertiary/aromatic N) is 4. The molecule has 6 nitrogen and oxygen atoms in total. The van der Waals surface area contributed by atoms with Crippen molar-refractivity contribution < 1.29 is 4.79 Å². The largest absolute Gasteiger partial charge is 0.321 e. The standard InChI is InChI=1S/C19H20Cl3N5O/c1-10-17(22)9-27(24-10)13(4)19(28)23-18-11(2)25-26(12(18)3)8-14-5-6-15(20)16(21)7-14/h5-7,9,13H,8H2,1-4H3,(H,23,28). The van der Waals surface area contributed by atoms with Crippen molar-refractivity contribution in [3.63, 3.8) is 0 Å². The van der Waals surface area contributed by atoms with E-state index in [9.17, 15) is 4.79 Å². The molecule has 2 heterocycles. The van der Waals surface area contributed by atoms with Gasteiger partial charge in [-0.25, -0.2) is 0 Å². The maximum Gasteiger partial charge on any atom is 0.249 e. The first-order valence-corrected chi connectivity index (χ1v) is 9.80. The van der Waals surface area contributed by atoms with E-state index in [1.165, 1.54) is 0 Å². The van der Waals surface area contributed by atoms with Gasteiger partial charge in [-0.3, -0.25) is 14.2 Å². The minimum Gasteiger partial charge on any atom is -0.321 e. The number of nitrogens with one attached hydrogen (secondary N) is 1. The summed E-state index contributed by atoms with van der Waals surface area (Å²) in [6.45, 7) is 7.84. The Bertz CT molecular complexity index is 1020. The van der Waals surface area contributed by atoms with Crippen molar-refractivity contribution in [1.82, 2.24) is 19.6 Å². The normalized spacial score (nSPS) is 12.2. The van der Waals surface area contributed by atoms with Crippen molar-refractivity contribution in [2.75, 3.05) is 5.32 Å². The molecule has 148 valence electrons. The fourth-order valence-electron chi connectivity index (χ4n) is 2.85. The van der Waals surface area contributed by atoms with E-state index in [2.05, 4.69) is 15.5 Å². The van der Waals surface area contributed by atoms with Crippen LogP contribution in [0.5, 0.6) is 0 Å². The third kappa shape index (κ3) is 4.19. The first-order valence-electron chi connectivity index (χ1n) is 8.67. The summed E-state index contributed by atoms with van der Waals surface area (Å²) in [6, 6.07) is 4.95. The third-order valence-corrected chi connectivity index (χ3v) is 5.69. The highest BCUT2D eigenvalue weighted by Crippen LogP contribution is 2.25. The smallest absolute Gasteiger partial charge is 0.249 e. The van der Waals surface area contributed by atoms with Crippen molar-refractivity contribution in [3.8, 4) is 0 Å². The molecule has 0 spiro atoms. The highest BCUT2D eigenvalue weighted by Gasteiger charge is 2.21. The van der Waals surface area contributed by atoms with Crippen molar-refractivity contribution in [2.45, 2.75) is 40.3 Å². The molecule has 2 aromatic heterocycles. The number of hydrogen-bond donors (Lipinski definition) is 1. The number of benzene rings is 1. The minimum absolute atomic E-state index is 0.195. The lowest BCUT2D eigenvalue weighted by molar-refractivity contribution is -0.119. The summed E-state index contributed by atoms with van der Waals surface area (Å²) in [6.07, 6.45) is 1.65. The minimum atomic E-state index is -0.511. The lowest BCUT2D eigenvalue weighted by Crippen LogP contribution is -2.24. The quantitative estimate of drug-likeness (QED) is 0.592. The molecule has 0 aliphatic heterocycles. The van der Waals surface area contributed by atoms with Crippen LogP contribution in [0.4, 0.5) is 5.69 Å². The van der Waals surface area contributed by atoms with Gasteiger partial charge in [0.05, 0.1) is 44.4 Å². The van der Waals surface area contributed by atoms with E-state index in [1.54, 1.807) is 30.8 Å². The number of rotatable bonds is 5. The van der Waals surface area contributed by atoms with Crippen LogP contribution in [-0.4, -0.2) is 25.5 Å². The maximum atomic E-state index is 12.7. The van der Waals surface area contributed by atoms with Gasteiger partial charge in [0.1, 0.15) is 6.04 Å². The van der Waals surface area contributed by atoms with Crippen LogP contribution in [-0.2, 0) is 11.3 Å². The van der Waals surface area contributed by atoms with Gasteiger partial charge in [-0.15, -0.1) is 0 Å². The molecule has 0 saturated carbocycles. The van der Waals surface area contributed by atoms with Crippen molar-refractivity contribution in [2.24, 2.45) is 0 Å². The van der Waals surface area contributed by atoms with Gasteiger partial charge in [0.2, 0.25) is 5.91 Å². The molecule has 0 aliphatic rings. The zero-order valence-corrected chi connectivity index (χ0v) is 18.2. The molecule has 0 bridgehead atoms. The van der Waals surface area contributed by atoms with E-state index in [0.29, 0.717) is 33.0 Å². The molecule has 1 amide bonds. The van der Waals surface area contributed by atoms with Crippen LogP contribution in [0.3, 0.4) is 0 Å². The summed E-state index contributed by atoms with van der Waals surface area (Å²) in [5.74, 6) is -0.195. The molecule has 28 heavy (non-hydrogen) atoms. The summed E-state index contributed by atoms with van der Waals surface area (Å²) in [5, 5.41) is 13.3. The number of aromatic nitrogens is 4. The molecule has 3 rings (SSSR count). The summed E-state index contributed by atoms with van der Waals surface area (Å²) in [4.78, 5) is 12.7. The SMILES string of the molecule is Cc1nn(C(C)C(=O)Nc2c(C)nn(Cc3ccc(Cl)c(Cl)c3)c2C)cc1Cl. The predicted molar refractivity (Wildman–Crippen MR) is 113 cm³/mol. The molecule has 1 unspecified atom stereocenters. The fraction of sp³-hybridized carbons (Fsp3) is 0.316. The number of aryl methyl sites for hydroxylation is 2. The van der Waals surface area contributed by atoms with E-state index in [1.807, 2.05) is 30.7 Å². The lowest BCUT2D eigenvalue weighted by Gasteiger charge is -2.13. The topological polar surface area (TPSA) is 64.7 Å². The number of amides is 1. The predicted octanol–water partition coefficient (Wildman–Crippen LogP) is 5.21. The number of carbonyl (C=O) groups is 1. The Hall–Kier alpha value is -2.02. The van der Waals surface area contributed by atoms with E-state index in [-0.39, 0.29) is 5.91 Å². The molecule has 3 aromatic rings. The average Bonchev–Trinajstić information content (AvgIpc) is 3.11. The second-order valence-electron chi connectivity index (χ2n) is 6.66. The van der Waals surface area contributed by atoms with E-state index in [4.69, 9.17) is 34.8 Å². The van der Waals surface area contributed by atoms with Crippen molar-refractivity contribution >= 4 is 46.4 Å². The Morgan fingerprint density at radius 3 is 2.39 bits per heavy atom. The first-order chi connectivity index (χ1) is 13.2. The zero-order valence-electron chi connectivity index (χ0n) is 15.9. The summed E-state index contributed by atoms with van der Waals surface area (Å²) < 4.78 is 3.38. The van der Waals surface area contributed by atoms with Gasteiger partial charge in [0.15, 0.2) is 0 Å². The van der Waals surface area contributed by atoms with Crippen LogP contribution < -0.4 is 5.32 Å². The van der Waals surface area contributed by atoms with Gasteiger partial charge in [-0.05, 0) is 45.4 Å². The van der Waals surface area contributed by atoms with Gasteiger partial charge in [0, 0.05) is 6.20 Å². The zero-order chi connectivity index (χ0) is 20.6. The molecule has 0 fully saturated rings. The molecule has 9 heteroatoms. The monoisotopic (exact) mass is 439 g/mol.